The van der Waals surface area contributed by atoms with Crippen LogP contribution in [0.5, 0.6) is 0 Å². The second-order valence-electron chi connectivity index (χ2n) is 4.99. The average Bonchev–Trinajstić information content (AvgIpc) is 2.35. The maximum Gasteiger partial charge on any atom is 0.416 e. The summed E-state index contributed by atoms with van der Waals surface area (Å²) in [4.78, 5) is 11.5. The fourth-order valence-electron chi connectivity index (χ4n) is 1.41. The zero-order valence-corrected chi connectivity index (χ0v) is 11.2. The van der Waals surface area contributed by atoms with Gasteiger partial charge in [-0.15, -0.1) is 0 Å². The van der Waals surface area contributed by atoms with Crippen LogP contribution in [0, 0.1) is 0 Å². The summed E-state index contributed by atoms with van der Waals surface area (Å²) in [5, 5.41) is 11.5. The van der Waals surface area contributed by atoms with E-state index < -0.39 is 23.2 Å². The Balaban J connectivity index is 2.79. The van der Waals surface area contributed by atoms with Gasteiger partial charge >= 0.3 is 6.18 Å². The van der Waals surface area contributed by atoms with Crippen LogP contribution in [0.15, 0.2) is 30.3 Å². The van der Waals surface area contributed by atoms with Gasteiger partial charge in [0.25, 0.3) is 0 Å². The second-order valence-corrected chi connectivity index (χ2v) is 4.99. The molecule has 0 heterocycles. The van der Waals surface area contributed by atoms with E-state index in [1.165, 1.54) is 18.2 Å². The first-order chi connectivity index (χ1) is 9.14. The Kier molecular flexibility index (Phi) is 4.94. The number of nitrogens with one attached hydrogen (secondary N) is 1. The van der Waals surface area contributed by atoms with Crippen LogP contribution in [0.4, 0.5) is 13.2 Å². The van der Waals surface area contributed by atoms with Crippen molar-refractivity contribution >= 4 is 12.0 Å². The summed E-state index contributed by atoms with van der Waals surface area (Å²) in [5.41, 5.74) is -1.28. The van der Waals surface area contributed by atoms with E-state index >= 15 is 0 Å². The number of alkyl halides is 3. The molecule has 0 saturated heterocycles. The van der Waals surface area contributed by atoms with E-state index in [0.717, 1.165) is 18.2 Å². The molecular formula is C14H16F3NO2. The van der Waals surface area contributed by atoms with Crippen molar-refractivity contribution in [2.45, 2.75) is 25.6 Å². The van der Waals surface area contributed by atoms with E-state index in [-0.39, 0.29) is 12.2 Å². The van der Waals surface area contributed by atoms with Gasteiger partial charge in [0.2, 0.25) is 5.91 Å². The molecule has 2 N–H and O–H groups in total. The van der Waals surface area contributed by atoms with Crippen molar-refractivity contribution in [3.05, 3.63) is 41.5 Å². The first kappa shape index (κ1) is 16.2. The average molecular weight is 287 g/mol. The normalized spacial score (nSPS) is 12.7. The predicted molar refractivity (Wildman–Crippen MR) is 69.8 cm³/mol. The number of hydrogen-bond donors (Lipinski definition) is 2. The minimum absolute atomic E-state index is 0.240. The third-order valence-electron chi connectivity index (χ3n) is 2.50. The maximum atomic E-state index is 12.5. The lowest BCUT2D eigenvalue weighted by atomic mass is 10.1. The van der Waals surface area contributed by atoms with Gasteiger partial charge in [-0.3, -0.25) is 4.79 Å². The minimum Gasteiger partial charge on any atom is -0.394 e. The Hall–Kier alpha value is -1.82. The molecule has 0 unspecified atom stereocenters. The van der Waals surface area contributed by atoms with E-state index in [1.807, 2.05) is 0 Å². The zero-order valence-electron chi connectivity index (χ0n) is 11.2. The molecule has 20 heavy (non-hydrogen) atoms. The van der Waals surface area contributed by atoms with E-state index in [9.17, 15) is 18.0 Å². The smallest absolute Gasteiger partial charge is 0.394 e. The number of aliphatic hydroxyl groups is 1. The van der Waals surface area contributed by atoms with Gasteiger partial charge in [-0.2, -0.15) is 13.2 Å². The molecule has 6 heteroatoms. The first-order valence-electron chi connectivity index (χ1n) is 5.92. The number of rotatable bonds is 4. The Morgan fingerprint density at radius 3 is 2.55 bits per heavy atom. The van der Waals surface area contributed by atoms with Crippen molar-refractivity contribution in [3.63, 3.8) is 0 Å². The lowest BCUT2D eigenvalue weighted by Crippen LogP contribution is -2.45. The maximum absolute atomic E-state index is 12.5. The van der Waals surface area contributed by atoms with Crippen LogP contribution in [-0.2, 0) is 11.0 Å². The van der Waals surface area contributed by atoms with Crippen LogP contribution in [0.25, 0.3) is 6.08 Å². The van der Waals surface area contributed by atoms with Crippen molar-refractivity contribution < 1.29 is 23.1 Å². The number of benzene rings is 1. The van der Waals surface area contributed by atoms with Crippen LogP contribution in [0.3, 0.4) is 0 Å². The van der Waals surface area contributed by atoms with Crippen molar-refractivity contribution in [1.29, 1.82) is 0 Å². The second kappa shape index (κ2) is 6.09. The lowest BCUT2D eigenvalue weighted by Gasteiger charge is -2.22. The first-order valence-corrected chi connectivity index (χ1v) is 5.92. The van der Waals surface area contributed by atoms with Gasteiger partial charge in [-0.25, -0.2) is 0 Å². The zero-order chi connectivity index (χ0) is 15.4. The van der Waals surface area contributed by atoms with Crippen LogP contribution in [0.2, 0.25) is 0 Å². The van der Waals surface area contributed by atoms with Crippen molar-refractivity contribution in [1.82, 2.24) is 5.32 Å². The summed E-state index contributed by atoms with van der Waals surface area (Å²) >= 11 is 0. The number of carbonyl (C=O) groups excluding carboxylic acids is 1. The third kappa shape index (κ3) is 5.05. The van der Waals surface area contributed by atoms with Crippen LogP contribution < -0.4 is 5.32 Å². The Morgan fingerprint density at radius 2 is 2.00 bits per heavy atom. The molecule has 0 fully saturated rings. The summed E-state index contributed by atoms with van der Waals surface area (Å²) in [7, 11) is 0. The third-order valence-corrected chi connectivity index (χ3v) is 2.50. The minimum atomic E-state index is -4.41. The summed E-state index contributed by atoms with van der Waals surface area (Å²) in [6.07, 6.45) is -1.99. The van der Waals surface area contributed by atoms with E-state index in [4.69, 9.17) is 5.11 Å². The number of halogens is 3. The molecule has 0 aromatic heterocycles. The number of hydrogen-bond acceptors (Lipinski definition) is 2. The highest BCUT2D eigenvalue weighted by Gasteiger charge is 2.30. The molecule has 0 aliphatic rings. The molecule has 0 aliphatic heterocycles. The van der Waals surface area contributed by atoms with Gasteiger partial charge in [0.05, 0.1) is 17.7 Å². The van der Waals surface area contributed by atoms with E-state index in [2.05, 4.69) is 5.32 Å². The predicted octanol–water partition coefficient (Wildman–Crippen LogP) is 2.61. The molecule has 0 saturated carbocycles. The summed E-state index contributed by atoms with van der Waals surface area (Å²) < 4.78 is 37.5. The van der Waals surface area contributed by atoms with Gasteiger partial charge in [-0.05, 0) is 37.6 Å². The Morgan fingerprint density at radius 1 is 1.35 bits per heavy atom. The fourth-order valence-corrected chi connectivity index (χ4v) is 1.41. The van der Waals surface area contributed by atoms with Crippen LogP contribution in [-0.4, -0.2) is 23.2 Å². The molecule has 0 bridgehead atoms. The molecule has 1 amide bonds. The highest BCUT2D eigenvalue weighted by molar-refractivity contribution is 5.92. The highest BCUT2D eigenvalue weighted by atomic mass is 19.4. The highest BCUT2D eigenvalue weighted by Crippen LogP contribution is 2.29. The molecule has 110 valence electrons. The van der Waals surface area contributed by atoms with Gasteiger partial charge < -0.3 is 10.4 Å². The lowest BCUT2D eigenvalue weighted by molar-refractivity contribution is -0.137. The SMILES string of the molecule is CC(C)(CO)NC(=O)/C=C/c1cccc(C(F)(F)F)c1. The topological polar surface area (TPSA) is 49.3 Å². The summed E-state index contributed by atoms with van der Waals surface area (Å²) in [6.45, 7) is 3.02. The molecule has 0 aliphatic carbocycles. The summed E-state index contributed by atoms with van der Waals surface area (Å²) in [5.74, 6) is -0.485. The van der Waals surface area contributed by atoms with Crippen LogP contribution >= 0.6 is 0 Å². The monoisotopic (exact) mass is 287 g/mol. The van der Waals surface area contributed by atoms with Crippen molar-refractivity contribution in [3.8, 4) is 0 Å². The van der Waals surface area contributed by atoms with Crippen molar-refractivity contribution in [2.24, 2.45) is 0 Å². The fraction of sp³-hybridized carbons (Fsp3) is 0.357. The van der Waals surface area contributed by atoms with E-state index in [1.54, 1.807) is 13.8 Å². The quantitative estimate of drug-likeness (QED) is 0.836. The molecule has 3 nitrogen and oxygen atoms in total. The molecule has 1 aromatic rings. The van der Waals surface area contributed by atoms with Crippen molar-refractivity contribution in [2.75, 3.05) is 6.61 Å². The Labute approximate surface area is 115 Å². The molecular weight excluding hydrogens is 271 g/mol. The van der Waals surface area contributed by atoms with Crippen LogP contribution in [0.1, 0.15) is 25.0 Å². The largest absolute Gasteiger partial charge is 0.416 e. The number of amides is 1. The number of aliphatic hydroxyl groups excluding tert-OH is 1. The van der Waals surface area contributed by atoms with E-state index in [0.29, 0.717) is 0 Å². The molecule has 0 radical (unpaired) electrons. The van der Waals surface area contributed by atoms with Gasteiger partial charge in [-0.1, -0.05) is 12.1 Å². The molecule has 0 atom stereocenters. The standard InChI is InChI=1S/C14H16F3NO2/c1-13(2,9-19)18-12(20)7-6-10-4-3-5-11(8-10)14(15,16)17/h3-8,19H,9H2,1-2H3,(H,18,20)/b7-6+. The molecule has 1 rings (SSSR count). The summed E-state index contributed by atoms with van der Waals surface area (Å²) in [6, 6.07) is 4.67. The van der Waals surface area contributed by atoms with Gasteiger partial charge in [0.1, 0.15) is 0 Å². The Bertz CT molecular complexity index is 507. The van der Waals surface area contributed by atoms with Gasteiger partial charge in [0.15, 0.2) is 0 Å². The molecule has 0 spiro atoms. The molecule has 1 aromatic carbocycles. The van der Waals surface area contributed by atoms with Gasteiger partial charge in [0, 0.05) is 6.08 Å². The number of carbonyl (C=O) groups is 1.